The zero-order valence-electron chi connectivity index (χ0n) is 21.3. The summed E-state index contributed by atoms with van der Waals surface area (Å²) < 4.78 is 4.92. The third-order valence-corrected chi connectivity index (χ3v) is 7.22. The topological polar surface area (TPSA) is 44.0 Å². The predicted octanol–water partition coefficient (Wildman–Crippen LogP) is 7.83. The van der Waals surface area contributed by atoms with Gasteiger partial charge in [0, 0.05) is 45.0 Å². The van der Waals surface area contributed by atoms with Crippen LogP contribution in [0.4, 0.5) is 0 Å². The highest BCUT2D eigenvalue weighted by Crippen LogP contribution is 2.29. The fourth-order valence-electron chi connectivity index (χ4n) is 4.46. The Morgan fingerprint density at radius 2 is 1.38 bits per heavy atom. The minimum Gasteiger partial charge on any atom is -0.323 e. The fourth-order valence-corrected chi connectivity index (χ4v) is 5.18. The lowest BCUT2D eigenvalue weighted by Crippen LogP contribution is -2.21. The average Bonchev–Trinajstić information content (AvgIpc) is 2.94. The Morgan fingerprint density at radius 3 is 1.84 bits per heavy atom. The Bertz CT molecular complexity index is 790. The van der Waals surface area contributed by atoms with Crippen LogP contribution in [0.1, 0.15) is 112 Å². The van der Waals surface area contributed by atoms with Crippen LogP contribution < -0.4 is 0 Å². The van der Waals surface area contributed by atoms with E-state index in [2.05, 4.69) is 58.7 Å². The molecule has 0 spiro atoms. The van der Waals surface area contributed by atoms with Gasteiger partial charge >= 0.3 is 0 Å². The summed E-state index contributed by atoms with van der Waals surface area (Å²) in [6.45, 7) is 14.9. The van der Waals surface area contributed by atoms with Crippen molar-refractivity contribution in [3.8, 4) is 0 Å². The van der Waals surface area contributed by atoms with E-state index in [0.29, 0.717) is 43.3 Å². The van der Waals surface area contributed by atoms with Crippen molar-refractivity contribution in [1.82, 2.24) is 9.13 Å². The van der Waals surface area contributed by atoms with Crippen LogP contribution in [-0.4, -0.2) is 20.7 Å². The molecule has 0 N–H and O–H groups in total. The molecule has 0 fully saturated rings. The fraction of sp³-hybridized carbons (Fsp3) is 0.808. The summed E-state index contributed by atoms with van der Waals surface area (Å²) in [6.07, 6.45) is 11.3. The molecule has 6 heteroatoms. The number of hydrogen-bond acceptors (Lipinski definition) is 4. The molecule has 32 heavy (non-hydrogen) atoms. The van der Waals surface area contributed by atoms with Gasteiger partial charge in [-0.1, -0.05) is 41.0 Å². The van der Waals surface area contributed by atoms with Crippen molar-refractivity contribution in [1.29, 1.82) is 0 Å². The third-order valence-electron chi connectivity index (χ3n) is 6.41. The van der Waals surface area contributed by atoms with E-state index in [-0.39, 0.29) is 11.2 Å². The maximum atomic E-state index is 12.3. The molecule has 1 aromatic heterocycles. The summed E-state index contributed by atoms with van der Waals surface area (Å²) in [5, 5.41) is 0.889. The maximum absolute atomic E-state index is 12.3. The van der Waals surface area contributed by atoms with Gasteiger partial charge in [0.05, 0.1) is 5.03 Å². The van der Waals surface area contributed by atoms with Gasteiger partial charge in [0.25, 0.3) is 0 Å². The van der Waals surface area contributed by atoms with Gasteiger partial charge in [-0.15, -0.1) is 12.6 Å². The number of thiol groups is 1. The number of aryl methyl sites for hydroxylation is 1. The SMILES string of the molecule is CCCC(C)(C)CCCC(=O)CCCC(=O)CCCC(C)(C)Cn1c(S)cn(CC)c1=S. The Hall–Kier alpha value is -0.880. The summed E-state index contributed by atoms with van der Waals surface area (Å²) in [7, 11) is 0. The van der Waals surface area contributed by atoms with Crippen molar-refractivity contribution in [3.05, 3.63) is 11.0 Å². The smallest absolute Gasteiger partial charge is 0.180 e. The highest BCUT2D eigenvalue weighted by atomic mass is 32.1. The number of carbonyl (C=O) groups excluding carboxylic acids is 2. The Balaban J connectivity index is 2.27. The van der Waals surface area contributed by atoms with E-state index in [1.54, 1.807) is 0 Å². The second kappa shape index (κ2) is 13.7. The first-order valence-corrected chi connectivity index (χ1v) is 13.3. The van der Waals surface area contributed by atoms with E-state index in [4.69, 9.17) is 12.2 Å². The van der Waals surface area contributed by atoms with Crippen molar-refractivity contribution in [2.24, 2.45) is 10.8 Å². The normalized spacial score (nSPS) is 12.3. The van der Waals surface area contributed by atoms with Crippen molar-refractivity contribution in [2.45, 2.75) is 130 Å². The number of carbonyl (C=O) groups is 2. The molecule has 0 aromatic carbocycles. The van der Waals surface area contributed by atoms with Gasteiger partial charge in [-0.2, -0.15) is 0 Å². The highest BCUT2D eigenvalue weighted by molar-refractivity contribution is 7.80. The largest absolute Gasteiger partial charge is 0.323 e. The molecule has 1 rings (SSSR count). The zero-order chi connectivity index (χ0) is 24.4. The van der Waals surface area contributed by atoms with Gasteiger partial charge in [0.15, 0.2) is 4.77 Å². The molecule has 0 aliphatic rings. The van der Waals surface area contributed by atoms with Gasteiger partial charge in [0.1, 0.15) is 11.6 Å². The third kappa shape index (κ3) is 10.8. The van der Waals surface area contributed by atoms with E-state index in [1.807, 2.05) is 10.8 Å². The standard InChI is InChI=1S/C26H46N2O2S2/c1-7-16-25(3,4)17-10-14-21(29)12-9-13-22(30)15-11-18-26(5,6)20-28-23(31)19-27(8-2)24(28)32/h19,31H,7-18,20H2,1-6H3. The molecule has 1 heterocycles. The first kappa shape index (κ1) is 29.2. The minimum absolute atomic E-state index is 0.0391. The van der Waals surface area contributed by atoms with Crippen molar-refractivity contribution >= 4 is 36.4 Å². The van der Waals surface area contributed by atoms with Crippen molar-refractivity contribution in [3.63, 3.8) is 0 Å². The van der Waals surface area contributed by atoms with Gasteiger partial charge in [-0.25, -0.2) is 0 Å². The van der Waals surface area contributed by atoms with Gasteiger partial charge in [0.2, 0.25) is 0 Å². The predicted molar refractivity (Wildman–Crippen MR) is 140 cm³/mol. The second-order valence-electron chi connectivity index (χ2n) is 10.9. The van der Waals surface area contributed by atoms with Crippen LogP contribution in [0.2, 0.25) is 0 Å². The molecular weight excluding hydrogens is 436 g/mol. The molecule has 0 saturated carbocycles. The van der Waals surface area contributed by atoms with Crippen LogP contribution >= 0.6 is 24.8 Å². The van der Waals surface area contributed by atoms with Crippen LogP contribution in [-0.2, 0) is 22.7 Å². The van der Waals surface area contributed by atoms with Crippen molar-refractivity contribution < 1.29 is 9.59 Å². The first-order chi connectivity index (χ1) is 14.9. The number of ketones is 2. The second-order valence-corrected chi connectivity index (χ2v) is 11.7. The quantitative estimate of drug-likeness (QED) is 0.182. The summed E-state index contributed by atoms with van der Waals surface area (Å²) in [6, 6.07) is 0. The van der Waals surface area contributed by atoms with Gasteiger partial charge in [-0.05, 0) is 68.5 Å². The number of aromatic nitrogens is 2. The van der Waals surface area contributed by atoms with Crippen LogP contribution in [0.3, 0.4) is 0 Å². The lowest BCUT2D eigenvalue weighted by molar-refractivity contribution is -0.120. The Labute approximate surface area is 207 Å². The molecule has 0 saturated heterocycles. The van der Waals surface area contributed by atoms with Crippen LogP contribution in [0.5, 0.6) is 0 Å². The van der Waals surface area contributed by atoms with E-state index in [1.165, 1.54) is 12.8 Å². The lowest BCUT2D eigenvalue weighted by atomic mass is 9.82. The lowest BCUT2D eigenvalue weighted by Gasteiger charge is -2.25. The molecule has 4 nitrogen and oxygen atoms in total. The van der Waals surface area contributed by atoms with E-state index in [0.717, 1.165) is 48.6 Å². The summed E-state index contributed by atoms with van der Waals surface area (Å²) in [5.74, 6) is 0.589. The van der Waals surface area contributed by atoms with Crippen LogP contribution in [0.15, 0.2) is 11.2 Å². The summed E-state index contributed by atoms with van der Waals surface area (Å²) in [5.41, 5.74) is 0.371. The molecule has 0 aliphatic carbocycles. The van der Waals surface area contributed by atoms with E-state index in [9.17, 15) is 9.59 Å². The molecule has 0 amide bonds. The van der Waals surface area contributed by atoms with Crippen molar-refractivity contribution in [2.75, 3.05) is 0 Å². The number of Topliss-reactive ketones (excluding diaryl/α,β-unsaturated/α-hetero) is 2. The van der Waals surface area contributed by atoms with Gasteiger partial charge < -0.3 is 9.13 Å². The number of imidazole rings is 1. The van der Waals surface area contributed by atoms with Gasteiger partial charge in [-0.3, -0.25) is 9.59 Å². The van der Waals surface area contributed by atoms with E-state index >= 15 is 0 Å². The molecule has 0 bridgehead atoms. The summed E-state index contributed by atoms with van der Waals surface area (Å²) >= 11 is 10.1. The molecular formula is C26H46N2O2S2. The van der Waals surface area contributed by atoms with E-state index < -0.39 is 0 Å². The monoisotopic (exact) mass is 482 g/mol. The molecule has 0 unspecified atom stereocenters. The number of rotatable bonds is 17. The van der Waals surface area contributed by atoms with Crippen LogP contribution in [0.25, 0.3) is 0 Å². The molecule has 0 aliphatic heterocycles. The average molecular weight is 483 g/mol. The highest BCUT2D eigenvalue weighted by Gasteiger charge is 2.21. The maximum Gasteiger partial charge on any atom is 0.180 e. The minimum atomic E-state index is 0.0391. The zero-order valence-corrected chi connectivity index (χ0v) is 23.0. The first-order valence-electron chi connectivity index (χ1n) is 12.4. The molecule has 184 valence electrons. The Kier molecular flexibility index (Phi) is 12.5. The molecule has 0 radical (unpaired) electrons. The summed E-state index contributed by atoms with van der Waals surface area (Å²) in [4.78, 5) is 24.4. The number of hydrogen-bond donors (Lipinski definition) is 1. The number of nitrogens with zero attached hydrogens (tertiary/aromatic N) is 2. The molecule has 0 atom stereocenters. The van der Waals surface area contributed by atoms with Crippen LogP contribution in [0, 0.1) is 15.6 Å². The molecule has 1 aromatic rings. The Morgan fingerprint density at radius 1 is 0.875 bits per heavy atom.